The summed E-state index contributed by atoms with van der Waals surface area (Å²) in [5.41, 5.74) is 1.96. The summed E-state index contributed by atoms with van der Waals surface area (Å²) >= 11 is 5.84. The molecular formula is C12H7ClN6. The first-order chi connectivity index (χ1) is 9.26. The van der Waals surface area contributed by atoms with Gasteiger partial charge < -0.3 is 5.32 Å². The van der Waals surface area contributed by atoms with Crippen molar-refractivity contribution in [3.8, 4) is 6.07 Å². The van der Waals surface area contributed by atoms with E-state index >= 15 is 0 Å². The lowest BCUT2D eigenvalue weighted by atomic mass is 10.2. The summed E-state index contributed by atoms with van der Waals surface area (Å²) in [4.78, 5) is 8.15. The average molecular weight is 271 g/mol. The summed E-state index contributed by atoms with van der Waals surface area (Å²) in [5, 5.41) is 19.4. The molecule has 3 aromatic rings. The van der Waals surface area contributed by atoms with Gasteiger partial charge in [0.2, 0.25) is 5.28 Å². The molecule has 3 rings (SSSR count). The van der Waals surface area contributed by atoms with E-state index in [1.165, 1.54) is 0 Å². The molecule has 0 saturated heterocycles. The Morgan fingerprint density at radius 2 is 2.00 bits per heavy atom. The third-order valence-electron chi connectivity index (χ3n) is 2.56. The van der Waals surface area contributed by atoms with E-state index in [0.717, 1.165) is 11.1 Å². The highest BCUT2D eigenvalue weighted by molar-refractivity contribution is 6.28. The van der Waals surface area contributed by atoms with E-state index in [1.54, 1.807) is 30.5 Å². The molecule has 2 aromatic heterocycles. The van der Waals surface area contributed by atoms with Crippen LogP contribution in [-0.4, -0.2) is 20.2 Å². The fourth-order valence-corrected chi connectivity index (χ4v) is 1.84. The third kappa shape index (κ3) is 2.19. The smallest absolute Gasteiger partial charge is 0.226 e. The van der Waals surface area contributed by atoms with Crippen molar-refractivity contribution in [2.75, 3.05) is 5.32 Å². The van der Waals surface area contributed by atoms with Crippen LogP contribution in [0.5, 0.6) is 0 Å². The van der Waals surface area contributed by atoms with E-state index in [1.807, 2.05) is 0 Å². The second kappa shape index (κ2) is 4.55. The van der Waals surface area contributed by atoms with Crippen LogP contribution < -0.4 is 5.32 Å². The molecule has 0 aliphatic heterocycles. The van der Waals surface area contributed by atoms with Crippen LogP contribution in [-0.2, 0) is 0 Å². The Morgan fingerprint density at radius 1 is 1.21 bits per heavy atom. The lowest BCUT2D eigenvalue weighted by Gasteiger charge is -2.06. The average Bonchev–Trinajstić information content (AvgIpc) is 2.88. The predicted octanol–water partition coefficient (Wildman–Crippen LogP) is 2.62. The van der Waals surface area contributed by atoms with Gasteiger partial charge in [0.25, 0.3) is 0 Å². The van der Waals surface area contributed by atoms with E-state index in [4.69, 9.17) is 16.9 Å². The molecule has 6 nitrogen and oxygen atoms in total. The van der Waals surface area contributed by atoms with Gasteiger partial charge in [-0.3, -0.25) is 5.10 Å². The molecule has 0 unspecified atom stereocenters. The zero-order valence-corrected chi connectivity index (χ0v) is 10.3. The van der Waals surface area contributed by atoms with Gasteiger partial charge in [-0.2, -0.15) is 20.3 Å². The molecule has 0 bridgehead atoms. The van der Waals surface area contributed by atoms with Crippen LogP contribution in [0.4, 0.5) is 11.5 Å². The summed E-state index contributed by atoms with van der Waals surface area (Å²) in [5.74, 6) is 0.563. The summed E-state index contributed by atoms with van der Waals surface area (Å²) in [6, 6.07) is 9.09. The molecule has 0 amide bonds. The second-order valence-corrected chi connectivity index (χ2v) is 4.13. The normalized spacial score (nSPS) is 10.3. The van der Waals surface area contributed by atoms with Gasteiger partial charge in [-0.1, -0.05) is 0 Å². The number of halogens is 1. The highest BCUT2D eigenvalue weighted by Gasteiger charge is 2.08. The Labute approximate surface area is 113 Å². The number of nitrogens with one attached hydrogen (secondary N) is 2. The lowest BCUT2D eigenvalue weighted by Crippen LogP contribution is -1.96. The number of rotatable bonds is 2. The molecule has 2 heterocycles. The zero-order chi connectivity index (χ0) is 13.2. The molecule has 1 aromatic carbocycles. The molecule has 0 aliphatic carbocycles. The number of aromatic amines is 1. The Hall–Kier alpha value is -2.65. The minimum atomic E-state index is 0.132. The largest absolute Gasteiger partial charge is 0.339 e. The fourth-order valence-electron chi connectivity index (χ4n) is 1.67. The number of aromatic nitrogens is 4. The van der Waals surface area contributed by atoms with Crippen molar-refractivity contribution < 1.29 is 0 Å². The molecule has 0 fully saturated rings. The SMILES string of the molecule is N#Cc1ccc(Nc2nc(Cl)nc3[nH]ncc23)cc1. The van der Waals surface area contributed by atoms with Crippen LogP contribution >= 0.6 is 11.6 Å². The summed E-state index contributed by atoms with van der Waals surface area (Å²) in [6.45, 7) is 0. The van der Waals surface area contributed by atoms with E-state index in [0.29, 0.717) is 17.0 Å². The van der Waals surface area contributed by atoms with Crippen LogP contribution in [0.25, 0.3) is 11.0 Å². The summed E-state index contributed by atoms with van der Waals surface area (Å²) in [6.07, 6.45) is 1.62. The predicted molar refractivity (Wildman–Crippen MR) is 71.1 cm³/mol. The topological polar surface area (TPSA) is 90.3 Å². The number of anilines is 2. The lowest BCUT2D eigenvalue weighted by molar-refractivity contribution is 1.09. The number of benzene rings is 1. The number of hydrogen-bond donors (Lipinski definition) is 2. The fraction of sp³-hybridized carbons (Fsp3) is 0. The van der Waals surface area contributed by atoms with E-state index in [-0.39, 0.29) is 5.28 Å². The quantitative estimate of drug-likeness (QED) is 0.699. The minimum absolute atomic E-state index is 0.132. The Bertz CT molecular complexity index is 771. The van der Waals surface area contributed by atoms with Crippen LogP contribution in [0.1, 0.15) is 5.56 Å². The number of nitrogens with zero attached hydrogens (tertiary/aromatic N) is 4. The summed E-state index contributed by atoms with van der Waals surface area (Å²) in [7, 11) is 0. The van der Waals surface area contributed by atoms with E-state index in [9.17, 15) is 0 Å². The van der Waals surface area contributed by atoms with Gasteiger partial charge >= 0.3 is 0 Å². The molecule has 0 atom stereocenters. The minimum Gasteiger partial charge on any atom is -0.339 e. The molecule has 92 valence electrons. The zero-order valence-electron chi connectivity index (χ0n) is 9.55. The molecule has 19 heavy (non-hydrogen) atoms. The Balaban J connectivity index is 2.00. The van der Waals surface area contributed by atoms with Crippen molar-refractivity contribution in [1.82, 2.24) is 20.2 Å². The van der Waals surface area contributed by atoms with Gasteiger partial charge in [0.15, 0.2) is 5.65 Å². The number of nitriles is 1. The van der Waals surface area contributed by atoms with Crippen molar-refractivity contribution >= 4 is 34.1 Å². The van der Waals surface area contributed by atoms with Crippen LogP contribution in [0, 0.1) is 11.3 Å². The highest BCUT2D eigenvalue weighted by Crippen LogP contribution is 2.23. The van der Waals surface area contributed by atoms with Crippen molar-refractivity contribution in [2.45, 2.75) is 0 Å². The van der Waals surface area contributed by atoms with Crippen LogP contribution in [0.2, 0.25) is 5.28 Å². The first-order valence-corrected chi connectivity index (χ1v) is 5.78. The Kier molecular flexibility index (Phi) is 2.74. The number of fused-ring (bicyclic) bond motifs is 1. The van der Waals surface area contributed by atoms with Gasteiger partial charge in [0.1, 0.15) is 5.82 Å². The molecule has 0 saturated carbocycles. The van der Waals surface area contributed by atoms with E-state index in [2.05, 4.69) is 31.6 Å². The molecule has 0 spiro atoms. The first kappa shape index (κ1) is 11.4. The van der Waals surface area contributed by atoms with Crippen molar-refractivity contribution in [3.63, 3.8) is 0 Å². The molecule has 2 N–H and O–H groups in total. The standard InChI is InChI=1S/C12H7ClN6/c13-12-17-10(9-6-15-19-11(9)18-12)16-8-3-1-7(5-14)2-4-8/h1-4,6H,(H2,15,16,17,18,19). The number of H-pyrrole nitrogens is 1. The van der Waals surface area contributed by atoms with Crippen molar-refractivity contribution in [3.05, 3.63) is 41.3 Å². The van der Waals surface area contributed by atoms with Gasteiger partial charge in [-0.05, 0) is 35.9 Å². The highest BCUT2D eigenvalue weighted by atomic mass is 35.5. The first-order valence-electron chi connectivity index (χ1n) is 5.40. The van der Waals surface area contributed by atoms with Gasteiger partial charge in [-0.25, -0.2) is 0 Å². The maximum absolute atomic E-state index is 8.75. The second-order valence-electron chi connectivity index (χ2n) is 3.79. The molecule has 0 aliphatic rings. The van der Waals surface area contributed by atoms with Crippen LogP contribution in [0.3, 0.4) is 0 Å². The monoisotopic (exact) mass is 270 g/mol. The van der Waals surface area contributed by atoms with Gasteiger partial charge in [-0.15, -0.1) is 0 Å². The molecule has 0 radical (unpaired) electrons. The number of hydrogen-bond acceptors (Lipinski definition) is 5. The Morgan fingerprint density at radius 3 is 2.74 bits per heavy atom. The molecular weight excluding hydrogens is 264 g/mol. The van der Waals surface area contributed by atoms with Gasteiger partial charge in [0.05, 0.1) is 23.2 Å². The third-order valence-corrected chi connectivity index (χ3v) is 2.73. The van der Waals surface area contributed by atoms with Crippen LogP contribution in [0.15, 0.2) is 30.5 Å². The van der Waals surface area contributed by atoms with Crippen molar-refractivity contribution in [1.29, 1.82) is 5.26 Å². The summed E-state index contributed by atoms with van der Waals surface area (Å²) < 4.78 is 0. The maximum Gasteiger partial charge on any atom is 0.226 e. The maximum atomic E-state index is 8.75. The van der Waals surface area contributed by atoms with Crippen molar-refractivity contribution in [2.24, 2.45) is 0 Å². The van der Waals surface area contributed by atoms with Gasteiger partial charge in [0, 0.05) is 5.69 Å². The van der Waals surface area contributed by atoms with E-state index < -0.39 is 0 Å². The molecule has 7 heteroatoms.